The third kappa shape index (κ3) is 1.46. The molecule has 70 valence electrons. The second-order valence-electron chi connectivity index (χ2n) is 3.80. The Morgan fingerprint density at radius 1 is 1.46 bits per heavy atom. The van der Waals surface area contributed by atoms with E-state index < -0.39 is 0 Å². The van der Waals surface area contributed by atoms with Gasteiger partial charge in [0, 0.05) is 6.04 Å². The molecule has 0 saturated carbocycles. The summed E-state index contributed by atoms with van der Waals surface area (Å²) in [6.07, 6.45) is 3.15. The van der Waals surface area contributed by atoms with Gasteiger partial charge in [0.05, 0.1) is 0 Å². The number of fused-ring (bicyclic) bond motifs is 1. The fraction of sp³-hybridized carbons (Fsp3) is 0.455. The normalized spacial score (nSPS) is 21.3. The van der Waals surface area contributed by atoms with Crippen molar-refractivity contribution in [3.63, 3.8) is 0 Å². The van der Waals surface area contributed by atoms with E-state index in [-0.39, 0.29) is 11.9 Å². The molecule has 1 aromatic carbocycles. The van der Waals surface area contributed by atoms with E-state index in [2.05, 4.69) is 0 Å². The van der Waals surface area contributed by atoms with Crippen molar-refractivity contribution >= 4 is 0 Å². The molecule has 0 fully saturated rings. The zero-order valence-electron chi connectivity index (χ0n) is 7.81. The minimum Gasteiger partial charge on any atom is -0.324 e. The number of benzene rings is 1. The molecule has 0 aliphatic heterocycles. The van der Waals surface area contributed by atoms with Crippen LogP contribution in [-0.4, -0.2) is 0 Å². The minimum absolute atomic E-state index is 0.0406. The maximum absolute atomic E-state index is 13.2. The van der Waals surface area contributed by atoms with Crippen molar-refractivity contribution in [1.82, 2.24) is 0 Å². The Kier molecular flexibility index (Phi) is 2.08. The van der Waals surface area contributed by atoms with E-state index in [1.807, 2.05) is 6.07 Å². The molecule has 0 spiro atoms. The lowest BCUT2D eigenvalue weighted by molar-refractivity contribution is 0.554. The number of hydrogen-bond donors (Lipinski definition) is 1. The number of hydrogen-bond acceptors (Lipinski definition) is 1. The van der Waals surface area contributed by atoms with E-state index in [0.29, 0.717) is 0 Å². The molecule has 0 unspecified atom stereocenters. The molecule has 1 aromatic rings. The molecule has 1 atom stereocenters. The molecule has 0 bridgehead atoms. The van der Waals surface area contributed by atoms with E-state index in [0.717, 1.165) is 30.4 Å². The Morgan fingerprint density at radius 3 is 3.00 bits per heavy atom. The van der Waals surface area contributed by atoms with Crippen LogP contribution in [0.4, 0.5) is 4.39 Å². The topological polar surface area (TPSA) is 26.0 Å². The van der Waals surface area contributed by atoms with Crippen molar-refractivity contribution in [3.05, 3.63) is 34.6 Å². The smallest absolute Gasteiger partial charge is 0.126 e. The Balaban J connectivity index is 2.52. The highest BCUT2D eigenvalue weighted by Crippen LogP contribution is 2.29. The van der Waals surface area contributed by atoms with Crippen LogP contribution in [0.3, 0.4) is 0 Å². The summed E-state index contributed by atoms with van der Waals surface area (Å²) in [4.78, 5) is 0. The summed E-state index contributed by atoms with van der Waals surface area (Å²) in [6.45, 7) is 1.80. The molecule has 2 rings (SSSR count). The number of nitrogens with two attached hydrogens (primary N) is 1. The largest absolute Gasteiger partial charge is 0.324 e. The molecule has 1 aliphatic carbocycles. The zero-order valence-corrected chi connectivity index (χ0v) is 7.81. The van der Waals surface area contributed by atoms with Crippen LogP contribution in [0, 0.1) is 12.7 Å². The van der Waals surface area contributed by atoms with Crippen molar-refractivity contribution in [2.45, 2.75) is 32.2 Å². The van der Waals surface area contributed by atoms with Crippen molar-refractivity contribution in [1.29, 1.82) is 0 Å². The van der Waals surface area contributed by atoms with E-state index in [4.69, 9.17) is 5.73 Å². The highest BCUT2D eigenvalue weighted by atomic mass is 19.1. The lowest BCUT2D eigenvalue weighted by Gasteiger charge is -2.22. The van der Waals surface area contributed by atoms with Crippen LogP contribution in [-0.2, 0) is 6.42 Å². The third-order valence-corrected chi connectivity index (χ3v) is 2.78. The number of rotatable bonds is 0. The van der Waals surface area contributed by atoms with Gasteiger partial charge in [-0.3, -0.25) is 0 Å². The second-order valence-corrected chi connectivity index (χ2v) is 3.80. The molecule has 1 aliphatic rings. The fourth-order valence-electron chi connectivity index (χ4n) is 1.99. The van der Waals surface area contributed by atoms with Crippen LogP contribution >= 0.6 is 0 Å². The summed E-state index contributed by atoms with van der Waals surface area (Å²) in [6, 6.07) is 3.58. The second kappa shape index (κ2) is 3.11. The molecule has 13 heavy (non-hydrogen) atoms. The van der Waals surface area contributed by atoms with E-state index in [1.165, 1.54) is 5.56 Å². The quantitative estimate of drug-likeness (QED) is 0.650. The molecule has 2 heteroatoms. The van der Waals surface area contributed by atoms with Gasteiger partial charge in [-0.2, -0.15) is 0 Å². The lowest BCUT2D eigenvalue weighted by atomic mass is 9.87. The van der Waals surface area contributed by atoms with Gasteiger partial charge < -0.3 is 5.73 Å². The van der Waals surface area contributed by atoms with E-state index in [9.17, 15) is 4.39 Å². The summed E-state index contributed by atoms with van der Waals surface area (Å²) in [5, 5.41) is 0. The Bertz CT molecular complexity index is 333. The molecule has 1 nitrogen and oxygen atoms in total. The van der Waals surface area contributed by atoms with E-state index in [1.54, 1.807) is 13.0 Å². The maximum atomic E-state index is 13.2. The summed E-state index contributed by atoms with van der Waals surface area (Å²) in [5.74, 6) is -0.129. The van der Waals surface area contributed by atoms with Gasteiger partial charge in [-0.25, -0.2) is 4.39 Å². The van der Waals surface area contributed by atoms with Gasteiger partial charge in [0.15, 0.2) is 0 Å². The first-order chi connectivity index (χ1) is 6.18. The summed E-state index contributed by atoms with van der Waals surface area (Å²) in [5.41, 5.74) is 8.87. The zero-order chi connectivity index (χ0) is 9.42. The maximum Gasteiger partial charge on any atom is 0.126 e. The van der Waals surface area contributed by atoms with Crippen LogP contribution in [0.15, 0.2) is 12.1 Å². The Morgan fingerprint density at radius 2 is 2.23 bits per heavy atom. The summed E-state index contributed by atoms with van der Waals surface area (Å²) in [7, 11) is 0. The van der Waals surface area contributed by atoms with Crippen molar-refractivity contribution in [2.75, 3.05) is 0 Å². The molecular formula is C11H14FN. The fourth-order valence-corrected chi connectivity index (χ4v) is 1.99. The number of halogens is 1. The lowest BCUT2D eigenvalue weighted by Crippen LogP contribution is -2.17. The standard InChI is InChI=1S/C11H14FN/c1-7-5-8-3-2-4-11(13)9(8)6-10(7)12/h5-6,11H,2-4,13H2,1H3/t11-/m1/s1. The van der Waals surface area contributed by atoms with Gasteiger partial charge in [0.1, 0.15) is 5.82 Å². The first-order valence-electron chi connectivity index (χ1n) is 4.73. The molecule has 0 heterocycles. The Hall–Kier alpha value is -0.890. The molecule has 0 radical (unpaired) electrons. The molecule has 0 saturated heterocycles. The van der Waals surface area contributed by atoms with Crippen LogP contribution in [0.2, 0.25) is 0 Å². The third-order valence-electron chi connectivity index (χ3n) is 2.78. The van der Waals surface area contributed by atoms with Crippen molar-refractivity contribution in [2.24, 2.45) is 5.73 Å². The van der Waals surface area contributed by atoms with Gasteiger partial charge in [-0.15, -0.1) is 0 Å². The minimum atomic E-state index is -0.129. The Labute approximate surface area is 77.8 Å². The highest BCUT2D eigenvalue weighted by Gasteiger charge is 2.17. The first kappa shape index (κ1) is 8.70. The summed E-state index contributed by atoms with van der Waals surface area (Å²) >= 11 is 0. The van der Waals surface area contributed by atoms with Crippen LogP contribution in [0.25, 0.3) is 0 Å². The SMILES string of the molecule is Cc1cc2c(cc1F)[C@H](N)CCC2. The van der Waals surface area contributed by atoms with Crippen LogP contribution in [0.5, 0.6) is 0 Å². The molecular weight excluding hydrogens is 165 g/mol. The molecule has 0 amide bonds. The average Bonchev–Trinajstić information content (AvgIpc) is 2.09. The predicted molar refractivity (Wildman–Crippen MR) is 51.0 cm³/mol. The average molecular weight is 179 g/mol. The molecule has 0 aromatic heterocycles. The van der Waals surface area contributed by atoms with Gasteiger partial charge in [0.25, 0.3) is 0 Å². The van der Waals surface area contributed by atoms with Gasteiger partial charge in [-0.05, 0) is 48.9 Å². The van der Waals surface area contributed by atoms with Crippen molar-refractivity contribution in [3.8, 4) is 0 Å². The highest BCUT2D eigenvalue weighted by molar-refractivity contribution is 5.36. The van der Waals surface area contributed by atoms with E-state index >= 15 is 0 Å². The van der Waals surface area contributed by atoms with Crippen molar-refractivity contribution < 1.29 is 4.39 Å². The molecule has 2 N–H and O–H groups in total. The van der Waals surface area contributed by atoms with Gasteiger partial charge >= 0.3 is 0 Å². The summed E-state index contributed by atoms with van der Waals surface area (Å²) < 4.78 is 13.2. The monoisotopic (exact) mass is 179 g/mol. The van der Waals surface area contributed by atoms with Gasteiger partial charge in [0.2, 0.25) is 0 Å². The van der Waals surface area contributed by atoms with Gasteiger partial charge in [-0.1, -0.05) is 6.07 Å². The van der Waals surface area contributed by atoms with Crippen LogP contribution < -0.4 is 5.73 Å². The first-order valence-corrected chi connectivity index (χ1v) is 4.73. The van der Waals surface area contributed by atoms with Crippen LogP contribution in [0.1, 0.15) is 35.6 Å². The predicted octanol–water partition coefficient (Wildman–Crippen LogP) is 2.47. The number of aryl methyl sites for hydroxylation is 2.